The standard InChI is InChI=1S/C13H15BrN2O4/c1-16(11-6-20-5-9(11)13(18)19)10-3-2-7(14)4-8(10)12(15)17/h2-4,9,11H,5-6H2,1H3,(H2,15,17)(H,18,19). The van der Waals surface area contributed by atoms with E-state index in [1.54, 1.807) is 30.1 Å². The van der Waals surface area contributed by atoms with Gasteiger partial charge in [-0.2, -0.15) is 0 Å². The van der Waals surface area contributed by atoms with E-state index >= 15 is 0 Å². The van der Waals surface area contributed by atoms with E-state index in [9.17, 15) is 14.7 Å². The number of anilines is 1. The van der Waals surface area contributed by atoms with E-state index in [0.29, 0.717) is 17.9 Å². The number of hydrogen-bond donors (Lipinski definition) is 2. The summed E-state index contributed by atoms with van der Waals surface area (Å²) in [5.41, 5.74) is 6.33. The predicted octanol–water partition coefficient (Wildman–Crippen LogP) is 1.08. The van der Waals surface area contributed by atoms with E-state index in [1.165, 1.54) is 0 Å². The first kappa shape index (κ1) is 14.8. The molecule has 2 unspecified atom stereocenters. The third-order valence-corrected chi connectivity index (χ3v) is 3.96. The Hall–Kier alpha value is -1.60. The van der Waals surface area contributed by atoms with Crippen molar-refractivity contribution in [2.75, 3.05) is 25.2 Å². The smallest absolute Gasteiger partial charge is 0.311 e. The Labute approximate surface area is 124 Å². The zero-order valence-corrected chi connectivity index (χ0v) is 12.5. The SMILES string of the molecule is CN(c1ccc(Br)cc1C(N)=O)C1COCC1C(=O)O. The highest BCUT2D eigenvalue weighted by Gasteiger charge is 2.37. The van der Waals surface area contributed by atoms with E-state index in [0.717, 1.165) is 4.47 Å². The number of benzene rings is 1. The molecule has 1 amide bonds. The molecule has 0 bridgehead atoms. The second-order valence-electron chi connectivity index (χ2n) is 4.69. The second kappa shape index (κ2) is 5.80. The molecule has 0 aromatic heterocycles. The number of likely N-dealkylation sites (N-methyl/N-ethyl adjacent to an activating group) is 1. The van der Waals surface area contributed by atoms with Gasteiger partial charge in [0, 0.05) is 17.2 Å². The van der Waals surface area contributed by atoms with Gasteiger partial charge in [-0.3, -0.25) is 9.59 Å². The minimum atomic E-state index is -0.905. The number of primary amides is 1. The average molecular weight is 343 g/mol. The highest BCUT2D eigenvalue weighted by atomic mass is 79.9. The van der Waals surface area contributed by atoms with Crippen LogP contribution in [0.5, 0.6) is 0 Å². The molecule has 3 N–H and O–H groups in total. The Morgan fingerprint density at radius 3 is 2.75 bits per heavy atom. The Bertz CT molecular complexity index is 549. The first-order chi connectivity index (χ1) is 9.41. The van der Waals surface area contributed by atoms with E-state index in [-0.39, 0.29) is 12.6 Å². The lowest BCUT2D eigenvalue weighted by Crippen LogP contribution is -2.41. The summed E-state index contributed by atoms with van der Waals surface area (Å²) in [7, 11) is 1.74. The van der Waals surface area contributed by atoms with Gasteiger partial charge in [-0.05, 0) is 18.2 Å². The Kier molecular flexibility index (Phi) is 4.29. The number of aliphatic carboxylic acids is 1. The van der Waals surface area contributed by atoms with Crippen molar-refractivity contribution < 1.29 is 19.4 Å². The van der Waals surface area contributed by atoms with Crippen LogP contribution in [0.25, 0.3) is 0 Å². The number of ether oxygens (including phenoxy) is 1. The summed E-state index contributed by atoms with van der Waals surface area (Å²) >= 11 is 3.29. The van der Waals surface area contributed by atoms with Gasteiger partial charge in [-0.25, -0.2) is 0 Å². The van der Waals surface area contributed by atoms with Gasteiger partial charge in [0.05, 0.1) is 24.8 Å². The van der Waals surface area contributed by atoms with Gasteiger partial charge >= 0.3 is 5.97 Å². The molecule has 1 aromatic carbocycles. The molecule has 0 aliphatic carbocycles. The van der Waals surface area contributed by atoms with Crippen molar-refractivity contribution in [3.05, 3.63) is 28.2 Å². The van der Waals surface area contributed by atoms with Crippen LogP contribution in [0.15, 0.2) is 22.7 Å². The van der Waals surface area contributed by atoms with E-state index in [1.807, 2.05) is 0 Å². The number of carbonyl (C=O) groups excluding carboxylic acids is 1. The van der Waals surface area contributed by atoms with Crippen LogP contribution in [0.2, 0.25) is 0 Å². The molecule has 1 aliphatic rings. The maximum Gasteiger partial charge on any atom is 0.311 e. The number of rotatable bonds is 4. The average Bonchev–Trinajstić information content (AvgIpc) is 2.87. The monoisotopic (exact) mass is 342 g/mol. The zero-order chi connectivity index (χ0) is 14.9. The minimum Gasteiger partial charge on any atom is -0.481 e. The van der Waals surface area contributed by atoms with Gasteiger partial charge < -0.3 is 20.5 Å². The fourth-order valence-corrected chi connectivity index (χ4v) is 2.71. The van der Waals surface area contributed by atoms with Gasteiger partial charge in [0.1, 0.15) is 5.92 Å². The number of carboxylic acid groups (broad SMARTS) is 1. The van der Waals surface area contributed by atoms with Crippen LogP contribution >= 0.6 is 15.9 Å². The summed E-state index contributed by atoms with van der Waals surface area (Å²) in [6.07, 6.45) is 0. The molecule has 1 heterocycles. The highest BCUT2D eigenvalue weighted by molar-refractivity contribution is 9.10. The van der Waals surface area contributed by atoms with Crippen LogP contribution < -0.4 is 10.6 Å². The van der Waals surface area contributed by atoms with Crippen molar-refractivity contribution in [2.45, 2.75) is 6.04 Å². The Balaban J connectivity index is 2.36. The molecule has 20 heavy (non-hydrogen) atoms. The van der Waals surface area contributed by atoms with Crippen molar-refractivity contribution in [3.8, 4) is 0 Å². The largest absolute Gasteiger partial charge is 0.481 e. The maximum atomic E-state index is 11.5. The molecule has 7 heteroatoms. The van der Waals surface area contributed by atoms with Crippen molar-refractivity contribution in [1.82, 2.24) is 0 Å². The number of nitrogens with two attached hydrogens (primary N) is 1. The summed E-state index contributed by atoms with van der Waals surface area (Å²) in [5.74, 6) is -2.08. The van der Waals surface area contributed by atoms with Gasteiger partial charge in [-0.15, -0.1) is 0 Å². The third-order valence-electron chi connectivity index (χ3n) is 3.47. The molecule has 2 rings (SSSR count). The van der Waals surface area contributed by atoms with E-state index in [4.69, 9.17) is 10.5 Å². The van der Waals surface area contributed by atoms with Gasteiger partial charge in [-0.1, -0.05) is 15.9 Å². The fourth-order valence-electron chi connectivity index (χ4n) is 2.35. The predicted molar refractivity (Wildman–Crippen MR) is 76.8 cm³/mol. The zero-order valence-electron chi connectivity index (χ0n) is 10.9. The first-order valence-corrected chi connectivity index (χ1v) is 6.84. The molecular formula is C13H15BrN2O4. The molecule has 1 aliphatic heterocycles. The fraction of sp³-hybridized carbons (Fsp3) is 0.385. The molecule has 0 spiro atoms. The first-order valence-electron chi connectivity index (χ1n) is 6.04. The molecule has 6 nitrogen and oxygen atoms in total. The molecular weight excluding hydrogens is 328 g/mol. The molecule has 1 aromatic rings. The van der Waals surface area contributed by atoms with Gasteiger partial charge in [0.15, 0.2) is 0 Å². The summed E-state index contributed by atoms with van der Waals surface area (Å²) in [5, 5.41) is 9.20. The van der Waals surface area contributed by atoms with Crippen LogP contribution in [-0.2, 0) is 9.53 Å². The normalized spacial score (nSPS) is 21.7. The molecule has 108 valence electrons. The summed E-state index contributed by atoms with van der Waals surface area (Å²) in [4.78, 5) is 24.5. The topological polar surface area (TPSA) is 92.9 Å². The molecule has 1 saturated heterocycles. The molecule has 0 saturated carbocycles. The lowest BCUT2D eigenvalue weighted by molar-refractivity contribution is -0.141. The third kappa shape index (κ3) is 2.78. The Morgan fingerprint density at radius 1 is 1.45 bits per heavy atom. The second-order valence-corrected chi connectivity index (χ2v) is 5.60. The molecule has 0 radical (unpaired) electrons. The summed E-state index contributed by atoms with van der Waals surface area (Å²) < 4.78 is 5.99. The number of amides is 1. The highest BCUT2D eigenvalue weighted by Crippen LogP contribution is 2.29. The number of nitrogens with zero attached hydrogens (tertiary/aromatic N) is 1. The van der Waals surface area contributed by atoms with Crippen LogP contribution in [0.4, 0.5) is 5.69 Å². The molecule has 1 fully saturated rings. The number of carboxylic acids is 1. The number of hydrogen-bond acceptors (Lipinski definition) is 4. The minimum absolute atomic E-state index is 0.173. The van der Waals surface area contributed by atoms with Crippen LogP contribution in [0.1, 0.15) is 10.4 Å². The number of halogens is 1. The number of carbonyl (C=O) groups is 2. The van der Waals surface area contributed by atoms with Crippen molar-refractivity contribution in [1.29, 1.82) is 0 Å². The summed E-state index contributed by atoms with van der Waals surface area (Å²) in [6, 6.07) is 4.82. The maximum absolute atomic E-state index is 11.5. The Morgan fingerprint density at radius 2 is 2.15 bits per heavy atom. The van der Waals surface area contributed by atoms with Crippen LogP contribution in [-0.4, -0.2) is 43.3 Å². The van der Waals surface area contributed by atoms with Gasteiger partial charge in [0.2, 0.25) is 0 Å². The lowest BCUT2D eigenvalue weighted by Gasteiger charge is -2.29. The van der Waals surface area contributed by atoms with Crippen LogP contribution in [0, 0.1) is 5.92 Å². The van der Waals surface area contributed by atoms with Crippen molar-refractivity contribution >= 4 is 33.5 Å². The molecule has 2 atom stereocenters. The van der Waals surface area contributed by atoms with Gasteiger partial charge in [0.25, 0.3) is 5.91 Å². The van der Waals surface area contributed by atoms with Crippen molar-refractivity contribution in [2.24, 2.45) is 11.7 Å². The van der Waals surface area contributed by atoms with Crippen LogP contribution in [0.3, 0.4) is 0 Å². The summed E-state index contributed by atoms with van der Waals surface area (Å²) in [6.45, 7) is 0.481. The van der Waals surface area contributed by atoms with Crippen molar-refractivity contribution in [3.63, 3.8) is 0 Å². The quantitative estimate of drug-likeness (QED) is 0.854. The lowest BCUT2D eigenvalue weighted by atomic mass is 10.0. The van der Waals surface area contributed by atoms with E-state index in [2.05, 4.69) is 15.9 Å². The van der Waals surface area contributed by atoms with E-state index < -0.39 is 17.8 Å².